The Balaban J connectivity index is 1.70. The first-order valence-electron chi connectivity index (χ1n) is 8.63. The van der Waals surface area contributed by atoms with Crippen LogP contribution in [0, 0.1) is 0 Å². The van der Waals surface area contributed by atoms with Gasteiger partial charge >= 0.3 is 0 Å². The van der Waals surface area contributed by atoms with Crippen molar-refractivity contribution in [3.8, 4) is 0 Å². The highest BCUT2D eigenvalue weighted by atomic mass is 32.1. The highest BCUT2D eigenvalue weighted by molar-refractivity contribution is 7.18. The molecule has 0 saturated heterocycles. The third-order valence-electron chi connectivity index (χ3n) is 4.60. The van der Waals surface area contributed by atoms with Crippen LogP contribution in [0.15, 0.2) is 36.2 Å². The SMILES string of the molecule is C=CCn1c(NCCn2ccnc2)nc2sc3c(c2c1=O)CCCC3. The molecule has 3 aromatic rings. The van der Waals surface area contributed by atoms with Gasteiger partial charge in [-0.3, -0.25) is 9.36 Å². The predicted octanol–water partition coefficient (Wildman–Crippen LogP) is 2.83. The lowest BCUT2D eigenvalue weighted by Gasteiger charge is -2.14. The van der Waals surface area contributed by atoms with Crippen LogP contribution in [0.4, 0.5) is 5.95 Å². The van der Waals surface area contributed by atoms with Gasteiger partial charge in [-0.2, -0.15) is 0 Å². The maximum absolute atomic E-state index is 13.1. The molecule has 0 saturated carbocycles. The molecule has 3 heterocycles. The molecule has 0 aliphatic heterocycles. The molecule has 0 bridgehead atoms. The number of rotatable bonds is 6. The van der Waals surface area contributed by atoms with Gasteiger partial charge in [0.05, 0.1) is 11.7 Å². The Labute approximate surface area is 149 Å². The molecular formula is C18H21N5OS. The molecule has 0 aromatic carbocycles. The third kappa shape index (κ3) is 3.00. The Hall–Kier alpha value is -2.41. The zero-order valence-corrected chi connectivity index (χ0v) is 14.9. The molecule has 1 aliphatic carbocycles. The minimum absolute atomic E-state index is 0.0504. The van der Waals surface area contributed by atoms with E-state index < -0.39 is 0 Å². The molecule has 1 aliphatic rings. The molecule has 25 heavy (non-hydrogen) atoms. The first-order valence-corrected chi connectivity index (χ1v) is 9.45. The number of anilines is 1. The van der Waals surface area contributed by atoms with E-state index in [1.54, 1.807) is 34.5 Å². The van der Waals surface area contributed by atoms with Gasteiger partial charge in [-0.1, -0.05) is 6.08 Å². The minimum atomic E-state index is 0.0504. The average Bonchev–Trinajstić information content (AvgIpc) is 3.25. The van der Waals surface area contributed by atoms with Gasteiger partial charge in [-0.25, -0.2) is 9.97 Å². The fourth-order valence-corrected chi connectivity index (χ4v) is 4.64. The minimum Gasteiger partial charge on any atom is -0.354 e. The third-order valence-corrected chi connectivity index (χ3v) is 5.78. The van der Waals surface area contributed by atoms with Gasteiger partial charge in [0.15, 0.2) is 0 Å². The molecule has 4 rings (SSSR count). The molecule has 0 fully saturated rings. The Morgan fingerprint density at radius 2 is 2.24 bits per heavy atom. The Bertz CT molecular complexity index is 954. The highest BCUT2D eigenvalue weighted by Gasteiger charge is 2.21. The van der Waals surface area contributed by atoms with E-state index in [1.165, 1.54) is 16.9 Å². The van der Waals surface area contributed by atoms with Gasteiger partial charge in [-0.05, 0) is 31.2 Å². The number of aryl methyl sites for hydroxylation is 2. The van der Waals surface area contributed by atoms with Crippen molar-refractivity contribution in [1.29, 1.82) is 0 Å². The van der Waals surface area contributed by atoms with Crippen LogP contribution in [0.1, 0.15) is 23.3 Å². The summed E-state index contributed by atoms with van der Waals surface area (Å²) in [5.41, 5.74) is 1.28. The number of fused-ring (bicyclic) bond motifs is 3. The normalized spacial score (nSPS) is 13.8. The highest BCUT2D eigenvalue weighted by Crippen LogP contribution is 2.34. The second-order valence-electron chi connectivity index (χ2n) is 6.26. The van der Waals surface area contributed by atoms with Crippen LogP contribution in [0.5, 0.6) is 0 Å². The molecule has 3 aromatic heterocycles. The lowest BCUT2D eigenvalue weighted by atomic mass is 9.97. The number of hydrogen-bond acceptors (Lipinski definition) is 5. The first-order chi connectivity index (χ1) is 12.3. The molecular weight excluding hydrogens is 334 g/mol. The van der Waals surface area contributed by atoms with Gasteiger partial charge in [0.25, 0.3) is 5.56 Å². The van der Waals surface area contributed by atoms with Crippen molar-refractivity contribution in [3.63, 3.8) is 0 Å². The van der Waals surface area contributed by atoms with Crippen LogP contribution in [0.3, 0.4) is 0 Å². The summed E-state index contributed by atoms with van der Waals surface area (Å²) in [5, 5.41) is 4.13. The summed E-state index contributed by atoms with van der Waals surface area (Å²) in [6, 6.07) is 0. The van der Waals surface area contributed by atoms with E-state index in [2.05, 4.69) is 16.9 Å². The zero-order chi connectivity index (χ0) is 17.2. The maximum atomic E-state index is 13.1. The van der Waals surface area contributed by atoms with Crippen molar-refractivity contribution in [2.45, 2.75) is 38.8 Å². The smallest absolute Gasteiger partial charge is 0.264 e. The van der Waals surface area contributed by atoms with Gasteiger partial charge in [0.1, 0.15) is 4.83 Å². The van der Waals surface area contributed by atoms with Crippen LogP contribution < -0.4 is 10.9 Å². The Kier molecular flexibility index (Phi) is 4.40. The van der Waals surface area contributed by atoms with Crippen molar-refractivity contribution in [3.05, 3.63) is 52.2 Å². The number of aromatic nitrogens is 4. The van der Waals surface area contributed by atoms with Crippen LogP contribution in [-0.2, 0) is 25.9 Å². The van der Waals surface area contributed by atoms with E-state index >= 15 is 0 Å². The van der Waals surface area contributed by atoms with Crippen molar-refractivity contribution in [2.75, 3.05) is 11.9 Å². The van der Waals surface area contributed by atoms with Gasteiger partial charge in [0.2, 0.25) is 5.95 Å². The number of imidazole rings is 1. The summed E-state index contributed by atoms with van der Waals surface area (Å²) in [4.78, 5) is 24.1. The average molecular weight is 355 g/mol. The van der Waals surface area contributed by atoms with Gasteiger partial charge in [-0.15, -0.1) is 17.9 Å². The number of allylic oxidation sites excluding steroid dienone is 1. The molecule has 0 atom stereocenters. The Morgan fingerprint density at radius 1 is 1.36 bits per heavy atom. The summed E-state index contributed by atoms with van der Waals surface area (Å²) in [7, 11) is 0. The fourth-order valence-electron chi connectivity index (χ4n) is 3.39. The van der Waals surface area contributed by atoms with Gasteiger partial charge in [0, 0.05) is 36.9 Å². The van der Waals surface area contributed by atoms with E-state index in [9.17, 15) is 4.79 Å². The lowest BCUT2D eigenvalue weighted by Crippen LogP contribution is -2.26. The number of thiophene rings is 1. The largest absolute Gasteiger partial charge is 0.354 e. The van der Waals surface area contributed by atoms with Gasteiger partial charge < -0.3 is 9.88 Å². The molecule has 6 nitrogen and oxygen atoms in total. The van der Waals surface area contributed by atoms with Crippen LogP contribution in [-0.4, -0.2) is 25.6 Å². The van der Waals surface area contributed by atoms with Crippen LogP contribution >= 0.6 is 11.3 Å². The van der Waals surface area contributed by atoms with Crippen LogP contribution in [0.25, 0.3) is 10.2 Å². The standard InChI is InChI=1S/C18H21N5OS/c1-2-9-23-17(24)15-13-5-3-4-6-14(13)25-16(15)21-18(23)20-8-11-22-10-7-19-12-22/h2,7,10,12H,1,3-6,8-9,11H2,(H,20,21). The molecule has 1 N–H and O–H groups in total. The fraction of sp³-hybridized carbons (Fsp3) is 0.389. The van der Waals surface area contributed by atoms with E-state index in [0.717, 1.165) is 36.0 Å². The summed E-state index contributed by atoms with van der Waals surface area (Å²) in [5.74, 6) is 0.621. The first kappa shape index (κ1) is 16.1. The number of nitrogens with zero attached hydrogens (tertiary/aromatic N) is 4. The molecule has 0 spiro atoms. The maximum Gasteiger partial charge on any atom is 0.264 e. The quantitative estimate of drug-likeness (QED) is 0.691. The second kappa shape index (κ2) is 6.84. The second-order valence-corrected chi connectivity index (χ2v) is 7.34. The van der Waals surface area contributed by atoms with E-state index in [1.807, 2.05) is 10.8 Å². The molecule has 0 radical (unpaired) electrons. The summed E-state index contributed by atoms with van der Waals surface area (Å²) in [6.07, 6.45) is 11.6. The number of nitrogens with one attached hydrogen (secondary N) is 1. The van der Waals surface area contributed by atoms with Crippen molar-refractivity contribution in [2.24, 2.45) is 0 Å². The summed E-state index contributed by atoms with van der Waals surface area (Å²) < 4.78 is 3.69. The molecule has 130 valence electrons. The number of hydrogen-bond donors (Lipinski definition) is 1. The van der Waals surface area contributed by atoms with E-state index in [-0.39, 0.29) is 5.56 Å². The van der Waals surface area contributed by atoms with Crippen molar-refractivity contribution >= 4 is 27.5 Å². The summed E-state index contributed by atoms with van der Waals surface area (Å²) >= 11 is 1.68. The summed E-state index contributed by atoms with van der Waals surface area (Å²) in [6.45, 7) is 5.69. The predicted molar refractivity (Wildman–Crippen MR) is 101 cm³/mol. The van der Waals surface area contributed by atoms with Crippen molar-refractivity contribution < 1.29 is 0 Å². The Morgan fingerprint density at radius 3 is 3.04 bits per heavy atom. The topological polar surface area (TPSA) is 64.7 Å². The van der Waals surface area contributed by atoms with Crippen molar-refractivity contribution in [1.82, 2.24) is 19.1 Å². The van der Waals surface area contributed by atoms with Crippen LogP contribution in [0.2, 0.25) is 0 Å². The zero-order valence-electron chi connectivity index (χ0n) is 14.1. The molecule has 0 amide bonds. The lowest BCUT2D eigenvalue weighted by molar-refractivity contribution is 0.696. The molecule has 0 unspecified atom stereocenters. The van der Waals surface area contributed by atoms with E-state index in [4.69, 9.17) is 4.98 Å². The monoisotopic (exact) mass is 355 g/mol. The van der Waals surface area contributed by atoms with E-state index in [0.29, 0.717) is 19.0 Å². The molecule has 7 heteroatoms.